The minimum absolute atomic E-state index is 0.909. The van der Waals surface area contributed by atoms with Gasteiger partial charge in [0.25, 0.3) is 0 Å². The van der Waals surface area contributed by atoms with Gasteiger partial charge in [-0.1, -0.05) is 12.1 Å². The monoisotopic (exact) mass is 251 g/mol. The lowest BCUT2D eigenvalue weighted by atomic mass is 10.2. The van der Waals surface area contributed by atoms with Crippen molar-refractivity contribution < 1.29 is 0 Å². The molecule has 0 saturated heterocycles. The van der Waals surface area contributed by atoms with E-state index in [4.69, 9.17) is 0 Å². The van der Waals surface area contributed by atoms with Gasteiger partial charge in [0.05, 0.1) is 26.8 Å². The maximum absolute atomic E-state index is 4.60. The molecule has 0 radical (unpaired) electrons. The summed E-state index contributed by atoms with van der Waals surface area (Å²) in [6.45, 7) is 0. The van der Waals surface area contributed by atoms with E-state index in [1.54, 1.807) is 11.3 Å². The fourth-order valence-corrected chi connectivity index (χ4v) is 2.81. The zero-order chi connectivity index (χ0) is 11.9. The number of hydrogen-bond acceptors (Lipinski definition) is 3. The molecule has 4 aromatic rings. The lowest BCUT2D eigenvalue weighted by molar-refractivity contribution is 1.34. The third kappa shape index (κ3) is 1.43. The van der Waals surface area contributed by atoms with Gasteiger partial charge in [-0.3, -0.25) is 0 Å². The number of aromatic nitrogens is 3. The summed E-state index contributed by atoms with van der Waals surface area (Å²) in [7, 11) is 0. The average molecular weight is 251 g/mol. The van der Waals surface area contributed by atoms with Crippen molar-refractivity contribution in [2.75, 3.05) is 0 Å². The van der Waals surface area contributed by atoms with Crippen molar-refractivity contribution in [2.45, 2.75) is 0 Å². The summed E-state index contributed by atoms with van der Waals surface area (Å²) >= 11 is 1.65. The van der Waals surface area contributed by atoms with E-state index in [0.29, 0.717) is 0 Å². The minimum atomic E-state index is 0.909. The summed E-state index contributed by atoms with van der Waals surface area (Å²) in [5.74, 6) is 0.909. The summed E-state index contributed by atoms with van der Waals surface area (Å²) in [6.07, 6.45) is 0. The van der Waals surface area contributed by atoms with Crippen LogP contribution in [0.25, 0.3) is 32.6 Å². The molecule has 3 nitrogen and oxygen atoms in total. The molecule has 0 aliphatic carbocycles. The molecule has 1 N–H and O–H groups in total. The second-order valence-corrected chi connectivity index (χ2v) is 5.02. The van der Waals surface area contributed by atoms with Crippen LogP contribution in [0.4, 0.5) is 0 Å². The van der Waals surface area contributed by atoms with E-state index in [1.807, 2.05) is 35.8 Å². The van der Waals surface area contributed by atoms with Crippen molar-refractivity contribution in [1.29, 1.82) is 0 Å². The van der Waals surface area contributed by atoms with Gasteiger partial charge in [-0.15, -0.1) is 11.3 Å². The van der Waals surface area contributed by atoms with Gasteiger partial charge in [0.1, 0.15) is 5.82 Å². The summed E-state index contributed by atoms with van der Waals surface area (Å²) in [5.41, 5.74) is 6.07. The first-order valence-electron chi connectivity index (χ1n) is 5.68. The number of imidazole rings is 1. The predicted octanol–water partition coefficient (Wildman–Crippen LogP) is 3.84. The number of thiazole rings is 1. The molecule has 2 heterocycles. The Morgan fingerprint density at radius 3 is 2.89 bits per heavy atom. The Morgan fingerprint density at radius 2 is 1.94 bits per heavy atom. The molecule has 18 heavy (non-hydrogen) atoms. The average Bonchev–Trinajstić information content (AvgIpc) is 3.04. The first kappa shape index (κ1) is 9.79. The predicted molar refractivity (Wildman–Crippen MR) is 74.7 cm³/mol. The maximum Gasteiger partial charge on any atom is 0.138 e. The van der Waals surface area contributed by atoms with E-state index in [2.05, 4.69) is 27.1 Å². The number of para-hydroxylation sites is 2. The highest BCUT2D eigenvalue weighted by atomic mass is 32.1. The Labute approximate surface area is 107 Å². The molecule has 0 atom stereocenters. The number of hydrogen-bond donors (Lipinski definition) is 1. The van der Waals surface area contributed by atoms with Crippen molar-refractivity contribution in [2.24, 2.45) is 0 Å². The van der Waals surface area contributed by atoms with E-state index in [9.17, 15) is 0 Å². The van der Waals surface area contributed by atoms with Gasteiger partial charge in [-0.2, -0.15) is 0 Å². The van der Waals surface area contributed by atoms with E-state index >= 15 is 0 Å². The zero-order valence-corrected chi connectivity index (χ0v) is 10.2. The normalized spacial score (nSPS) is 11.3. The fraction of sp³-hybridized carbons (Fsp3) is 0. The SMILES string of the molecule is c1ccc2[nH]c(-c3ccc4ncsc4c3)nc2c1. The number of benzene rings is 2. The number of nitrogens with one attached hydrogen (secondary N) is 1. The van der Waals surface area contributed by atoms with Gasteiger partial charge >= 0.3 is 0 Å². The molecule has 2 aromatic heterocycles. The summed E-state index contributed by atoms with van der Waals surface area (Å²) in [5, 5.41) is 0. The Balaban J connectivity index is 1.94. The molecule has 2 aromatic carbocycles. The van der Waals surface area contributed by atoms with E-state index < -0.39 is 0 Å². The third-order valence-corrected chi connectivity index (χ3v) is 3.79. The van der Waals surface area contributed by atoms with Gasteiger partial charge in [0.15, 0.2) is 0 Å². The van der Waals surface area contributed by atoms with Gasteiger partial charge < -0.3 is 4.98 Å². The quantitative estimate of drug-likeness (QED) is 0.558. The number of aromatic amines is 1. The molecule has 0 unspecified atom stereocenters. The third-order valence-electron chi connectivity index (χ3n) is 2.99. The Morgan fingerprint density at radius 1 is 1.00 bits per heavy atom. The van der Waals surface area contributed by atoms with Crippen LogP contribution in [0.15, 0.2) is 48.0 Å². The number of H-pyrrole nitrogens is 1. The lowest BCUT2D eigenvalue weighted by Gasteiger charge is -1.95. The number of fused-ring (bicyclic) bond motifs is 2. The van der Waals surface area contributed by atoms with Crippen molar-refractivity contribution in [3.63, 3.8) is 0 Å². The Hall–Kier alpha value is -2.20. The summed E-state index contributed by atoms with van der Waals surface area (Å²) in [4.78, 5) is 12.2. The standard InChI is InChI=1S/C14H9N3S/c1-2-4-11-10(3-1)16-14(17-11)9-5-6-12-13(7-9)18-8-15-12/h1-8H,(H,16,17). The van der Waals surface area contributed by atoms with Crippen LogP contribution in [0.3, 0.4) is 0 Å². The lowest BCUT2D eigenvalue weighted by Crippen LogP contribution is -1.79. The van der Waals surface area contributed by atoms with Crippen LogP contribution >= 0.6 is 11.3 Å². The largest absolute Gasteiger partial charge is 0.338 e. The van der Waals surface area contributed by atoms with Crippen LogP contribution < -0.4 is 0 Å². The number of nitrogens with zero attached hydrogens (tertiary/aromatic N) is 2. The molecule has 0 spiro atoms. The van der Waals surface area contributed by atoms with Crippen molar-refractivity contribution in [3.05, 3.63) is 48.0 Å². The van der Waals surface area contributed by atoms with Crippen LogP contribution in [0, 0.1) is 0 Å². The van der Waals surface area contributed by atoms with Crippen LogP contribution in [0.2, 0.25) is 0 Å². The molecule has 86 valence electrons. The van der Waals surface area contributed by atoms with Crippen molar-refractivity contribution in [3.8, 4) is 11.4 Å². The van der Waals surface area contributed by atoms with Gasteiger partial charge in [-0.25, -0.2) is 9.97 Å². The van der Waals surface area contributed by atoms with E-state index in [1.165, 1.54) is 4.70 Å². The maximum atomic E-state index is 4.60. The second kappa shape index (κ2) is 3.65. The first-order valence-corrected chi connectivity index (χ1v) is 6.56. The molecule has 0 fully saturated rings. The number of rotatable bonds is 1. The molecule has 0 aliphatic heterocycles. The fourth-order valence-electron chi connectivity index (χ4n) is 2.09. The Bertz CT molecular complexity index is 811. The topological polar surface area (TPSA) is 41.6 Å². The molecule has 4 heteroatoms. The first-order chi connectivity index (χ1) is 8.90. The molecule has 0 bridgehead atoms. The zero-order valence-electron chi connectivity index (χ0n) is 9.42. The van der Waals surface area contributed by atoms with Gasteiger partial charge in [-0.05, 0) is 30.3 Å². The van der Waals surface area contributed by atoms with E-state index in [0.717, 1.165) is 27.9 Å². The van der Waals surface area contributed by atoms with Crippen LogP contribution in [-0.2, 0) is 0 Å². The van der Waals surface area contributed by atoms with Crippen LogP contribution in [0.1, 0.15) is 0 Å². The summed E-state index contributed by atoms with van der Waals surface area (Å²) < 4.78 is 1.19. The highest BCUT2D eigenvalue weighted by Gasteiger charge is 2.06. The van der Waals surface area contributed by atoms with Gasteiger partial charge in [0, 0.05) is 5.56 Å². The smallest absolute Gasteiger partial charge is 0.138 e. The molecule has 0 aliphatic rings. The second-order valence-electron chi connectivity index (χ2n) is 4.14. The molecule has 4 rings (SSSR count). The molecule has 0 saturated carbocycles. The van der Waals surface area contributed by atoms with Gasteiger partial charge in [0.2, 0.25) is 0 Å². The van der Waals surface area contributed by atoms with E-state index in [-0.39, 0.29) is 0 Å². The highest BCUT2D eigenvalue weighted by molar-refractivity contribution is 7.16. The minimum Gasteiger partial charge on any atom is -0.338 e. The van der Waals surface area contributed by atoms with Crippen LogP contribution in [0.5, 0.6) is 0 Å². The molecular weight excluding hydrogens is 242 g/mol. The molecular formula is C14H9N3S. The highest BCUT2D eigenvalue weighted by Crippen LogP contribution is 2.25. The van der Waals surface area contributed by atoms with Crippen molar-refractivity contribution >= 4 is 32.6 Å². The van der Waals surface area contributed by atoms with Crippen LogP contribution in [-0.4, -0.2) is 15.0 Å². The molecule has 0 amide bonds. The van der Waals surface area contributed by atoms with Crippen molar-refractivity contribution in [1.82, 2.24) is 15.0 Å². The summed E-state index contributed by atoms with van der Waals surface area (Å²) in [6, 6.07) is 14.3. The Kier molecular flexibility index (Phi) is 1.98.